The Hall–Kier alpha value is -0.540. The van der Waals surface area contributed by atoms with E-state index < -0.39 is 0 Å². The molecule has 1 N–H and O–H groups in total. The van der Waals surface area contributed by atoms with Gasteiger partial charge in [0.05, 0.1) is 16.4 Å². The van der Waals surface area contributed by atoms with Crippen LogP contribution in [-0.2, 0) is 19.5 Å². The van der Waals surface area contributed by atoms with Gasteiger partial charge >= 0.3 is 0 Å². The van der Waals surface area contributed by atoms with E-state index in [9.17, 15) is 0 Å². The van der Waals surface area contributed by atoms with Gasteiger partial charge in [0.15, 0.2) is 0 Å². The molecule has 1 fully saturated rings. The summed E-state index contributed by atoms with van der Waals surface area (Å²) >= 11 is 6.38. The first-order chi connectivity index (χ1) is 8.76. The summed E-state index contributed by atoms with van der Waals surface area (Å²) in [6.45, 7) is 7.07. The molecule has 102 valence electrons. The lowest BCUT2D eigenvalue weighted by Gasteiger charge is -2.11. The summed E-state index contributed by atoms with van der Waals surface area (Å²) in [6.07, 6.45) is 6.48. The lowest BCUT2D eigenvalue weighted by atomic mass is 10.1. The molecule has 1 aliphatic rings. The second kappa shape index (κ2) is 6.58. The van der Waals surface area contributed by atoms with Crippen molar-refractivity contribution in [1.29, 1.82) is 0 Å². The molecule has 1 aliphatic carbocycles. The largest absolute Gasteiger partial charge is 0.311 e. The van der Waals surface area contributed by atoms with Crippen molar-refractivity contribution in [1.82, 2.24) is 15.1 Å². The smallest absolute Gasteiger partial charge is 0.0863 e. The molecule has 0 unspecified atom stereocenters. The Kier molecular flexibility index (Phi) is 5.07. The number of nitrogens with one attached hydrogen (secondary N) is 1. The summed E-state index contributed by atoms with van der Waals surface area (Å²) in [5.41, 5.74) is 2.17. The van der Waals surface area contributed by atoms with E-state index in [1.54, 1.807) is 0 Å². The Labute approximate surface area is 115 Å². The Morgan fingerprint density at radius 2 is 2.06 bits per heavy atom. The van der Waals surface area contributed by atoms with Gasteiger partial charge in [-0.3, -0.25) is 4.68 Å². The molecular formula is C14H24ClN3. The van der Waals surface area contributed by atoms with Crippen molar-refractivity contribution in [3.63, 3.8) is 0 Å². The fraction of sp³-hybridized carbons (Fsp3) is 0.786. The molecule has 0 spiro atoms. The van der Waals surface area contributed by atoms with E-state index in [-0.39, 0.29) is 0 Å². The van der Waals surface area contributed by atoms with Crippen molar-refractivity contribution in [2.45, 2.75) is 59.0 Å². The molecule has 4 heteroatoms. The molecule has 3 nitrogen and oxygen atoms in total. The number of aryl methyl sites for hydroxylation is 2. The predicted molar refractivity (Wildman–Crippen MR) is 76.0 cm³/mol. The molecule has 1 aromatic rings. The van der Waals surface area contributed by atoms with Crippen LogP contribution in [0.4, 0.5) is 0 Å². The maximum absolute atomic E-state index is 6.38. The van der Waals surface area contributed by atoms with E-state index in [0.717, 1.165) is 48.4 Å². The summed E-state index contributed by atoms with van der Waals surface area (Å²) < 4.78 is 2.03. The molecule has 0 amide bonds. The monoisotopic (exact) mass is 269 g/mol. The highest BCUT2D eigenvalue weighted by atomic mass is 35.5. The van der Waals surface area contributed by atoms with Crippen LogP contribution in [0.3, 0.4) is 0 Å². The second-order valence-electron chi connectivity index (χ2n) is 5.16. The lowest BCUT2D eigenvalue weighted by Crippen LogP contribution is -2.22. The first-order valence-electron chi connectivity index (χ1n) is 7.21. The molecule has 18 heavy (non-hydrogen) atoms. The van der Waals surface area contributed by atoms with E-state index in [2.05, 4.69) is 24.3 Å². The normalized spacial score (nSPS) is 16.6. The number of rotatable bonds is 6. The Balaban J connectivity index is 1.92. The Bertz CT molecular complexity index is 381. The van der Waals surface area contributed by atoms with Gasteiger partial charge in [0.1, 0.15) is 0 Å². The minimum Gasteiger partial charge on any atom is -0.311 e. The van der Waals surface area contributed by atoms with E-state index in [4.69, 9.17) is 11.6 Å². The average Bonchev–Trinajstić information content (AvgIpc) is 2.99. The van der Waals surface area contributed by atoms with Crippen LogP contribution in [-0.4, -0.2) is 16.3 Å². The highest BCUT2D eigenvalue weighted by molar-refractivity contribution is 6.31. The van der Waals surface area contributed by atoms with Crippen LogP contribution >= 0.6 is 11.6 Å². The lowest BCUT2D eigenvalue weighted by molar-refractivity contribution is 0.477. The van der Waals surface area contributed by atoms with Crippen molar-refractivity contribution >= 4 is 11.6 Å². The number of nitrogens with zero attached hydrogens (tertiary/aromatic N) is 2. The summed E-state index contributed by atoms with van der Waals surface area (Å²) in [4.78, 5) is 0. The predicted octanol–water partition coefficient (Wildman–Crippen LogP) is 3.40. The van der Waals surface area contributed by atoms with Gasteiger partial charge in [-0.1, -0.05) is 31.4 Å². The zero-order valence-corrected chi connectivity index (χ0v) is 12.3. The standard InChI is InChI=1S/C14H24ClN3/c1-3-12-14(15)13(18(4-2)17-12)10-16-9-11-7-5-6-8-11/h11,16H,3-10H2,1-2H3. The topological polar surface area (TPSA) is 29.9 Å². The van der Waals surface area contributed by atoms with Gasteiger partial charge in [-0.2, -0.15) is 5.10 Å². The third-order valence-corrected chi connectivity index (χ3v) is 4.33. The number of halogens is 1. The minimum absolute atomic E-state index is 0.843. The highest BCUT2D eigenvalue weighted by Crippen LogP contribution is 2.25. The number of aromatic nitrogens is 2. The van der Waals surface area contributed by atoms with Gasteiger partial charge in [0, 0.05) is 13.1 Å². The molecule has 0 atom stereocenters. The highest BCUT2D eigenvalue weighted by Gasteiger charge is 2.16. The average molecular weight is 270 g/mol. The summed E-state index contributed by atoms with van der Waals surface area (Å²) in [5.74, 6) is 0.868. The quantitative estimate of drug-likeness (QED) is 0.858. The maximum atomic E-state index is 6.38. The van der Waals surface area contributed by atoms with Gasteiger partial charge in [-0.05, 0) is 38.6 Å². The van der Waals surface area contributed by atoms with Crippen LogP contribution in [0.15, 0.2) is 0 Å². The molecule has 2 rings (SSSR count). The minimum atomic E-state index is 0.843. The van der Waals surface area contributed by atoms with Gasteiger partial charge in [-0.15, -0.1) is 0 Å². The fourth-order valence-corrected chi connectivity index (χ4v) is 3.13. The van der Waals surface area contributed by atoms with Crippen LogP contribution in [0.1, 0.15) is 50.9 Å². The number of hydrogen-bond acceptors (Lipinski definition) is 2. The Morgan fingerprint density at radius 3 is 2.67 bits per heavy atom. The third-order valence-electron chi connectivity index (χ3n) is 3.89. The molecule has 1 heterocycles. The zero-order valence-electron chi connectivity index (χ0n) is 11.5. The van der Waals surface area contributed by atoms with Crippen molar-refractivity contribution in [3.05, 3.63) is 16.4 Å². The van der Waals surface area contributed by atoms with Crippen LogP contribution in [0, 0.1) is 5.92 Å². The fourth-order valence-electron chi connectivity index (χ4n) is 2.80. The summed E-state index contributed by atoms with van der Waals surface area (Å²) in [5, 5.41) is 8.95. The van der Waals surface area contributed by atoms with Crippen LogP contribution in [0.2, 0.25) is 5.02 Å². The van der Waals surface area contributed by atoms with E-state index >= 15 is 0 Å². The first kappa shape index (κ1) is 13.9. The van der Waals surface area contributed by atoms with Gasteiger partial charge in [0.25, 0.3) is 0 Å². The SMILES string of the molecule is CCc1nn(CC)c(CNCC2CCCC2)c1Cl. The van der Waals surface area contributed by atoms with Crippen LogP contribution in [0.25, 0.3) is 0 Å². The van der Waals surface area contributed by atoms with Crippen molar-refractivity contribution < 1.29 is 0 Å². The van der Waals surface area contributed by atoms with Crippen molar-refractivity contribution in [3.8, 4) is 0 Å². The Morgan fingerprint density at radius 1 is 1.33 bits per heavy atom. The van der Waals surface area contributed by atoms with Gasteiger partial charge < -0.3 is 5.32 Å². The summed E-state index contributed by atoms with van der Waals surface area (Å²) in [7, 11) is 0. The molecule has 0 saturated heterocycles. The third kappa shape index (κ3) is 3.07. The van der Waals surface area contributed by atoms with E-state index in [0.29, 0.717) is 0 Å². The van der Waals surface area contributed by atoms with E-state index in [1.165, 1.54) is 25.7 Å². The molecule has 1 saturated carbocycles. The second-order valence-corrected chi connectivity index (χ2v) is 5.54. The molecule has 0 radical (unpaired) electrons. The zero-order chi connectivity index (χ0) is 13.0. The van der Waals surface area contributed by atoms with Gasteiger partial charge in [0.2, 0.25) is 0 Å². The van der Waals surface area contributed by atoms with Crippen molar-refractivity contribution in [2.75, 3.05) is 6.54 Å². The van der Waals surface area contributed by atoms with Crippen LogP contribution < -0.4 is 5.32 Å². The van der Waals surface area contributed by atoms with Crippen LogP contribution in [0.5, 0.6) is 0 Å². The summed E-state index contributed by atoms with van der Waals surface area (Å²) in [6, 6.07) is 0. The maximum Gasteiger partial charge on any atom is 0.0863 e. The molecule has 0 bridgehead atoms. The molecular weight excluding hydrogens is 246 g/mol. The molecule has 0 aromatic carbocycles. The van der Waals surface area contributed by atoms with Crippen molar-refractivity contribution in [2.24, 2.45) is 5.92 Å². The van der Waals surface area contributed by atoms with Gasteiger partial charge in [-0.25, -0.2) is 0 Å². The molecule has 0 aliphatic heterocycles. The molecule has 1 aromatic heterocycles. The van der Waals surface area contributed by atoms with E-state index in [1.807, 2.05) is 4.68 Å². The number of hydrogen-bond donors (Lipinski definition) is 1. The first-order valence-corrected chi connectivity index (χ1v) is 7.58.